The first-order valence-electron chi connectivity index (χ1n) is 5.10. The Morgan fingerprint density at radius 1 is 0.733 bits per heavy atom. The number of hydrogen-bond donors (Lipinski definition) is 0. The van der Waals surface area contributed by atoms with Crippen molar-refractivity contribution in [3.05, 3.63) is 71.8 Å². The van der Waals surface area contributed by atoms with Crippen molar-refractivity contribution in [3.8, 4) is 0 Å². The summed E-state index contributed by atoms with van der Waals surface area (Å²) in [5.74, 6) is 0.479. The van der Waals surface area contributed by atoms with Crippen LogP contribution in [0.2, 0.25) is 5.28 Å². The number of benzene rings is 2. The Kier molecular flexibility index (Phi) is 3.61. The average molecular weight is 233 g/mol. The molecule has 0 saturated heterocycles. The summed E-state index contributed by atoms with van der Waals surface area (Å²) in [5, 5.41) is 1.02. The van der Waals surface area contributed by atoms with E-state index in [2.05, 4.69) is 77.0 Å². The Bertz CT molecular complexity index is 355. The van der Waals surface area contributed by atoms with Gasteiger partial charge in [-0.1, -0.05) is 0 Å². The van der Waals surface area contributed by atoms with Gasteiger partial charge < -0.3 is 0 Å². The van der Waals surface area contributed by atoms with E-state index in [1.54, 1.807) is 0 Å². The van der Waals surface area contributed by atoms with Gasteiger partial charge in [-0.15, -0.1) is 0 Å². The molecule has 0 fully saturated rings. The Balaban J connectivity index is 2.34. The van der Waals surface area contributed by atoms with Gasteiger partial charge in [-0.3, -0.25) is 0 Å². The third-order valence-corrected chi connectivity index (χ3v) is 3.09. The summed E-state index contributed by atoms with van der Waals surface area (Å²) in [7, 11) is 0. The van der Waals surface area contributed by atoms with Crippen LogP contribution in [0.25, 0.3) is 0 Å². The molecule has 2 aromatic carbocycles. The molecule has 75 valence electrons. The maximum atomic E-state index is 3.14. The summed E-state index contributed by atoms with van der Waals surface area (Å²) in [5.41, 5.74) is 2.75. The molecule has 0 unspecified atom stereocenters. The monoisotopic (exact) mass is 233 g/mol. The van der Waals surface area contributed by atoms with Crippen LogP contribution in [0, 0.1) is 0 Å². The second-order valence-corrected chi connectivity index (χ2v) is 4.06. The molecule has 0 bridgehead atoms. The van der Waals surface area contributed by atoms with Gasteiger partial charge >= 0.3 is 99.3 Å². The summed E-state index contributed by atoms with van der Waals surface area (Å²) in [6.07, 6.45) is 0. The van der Waals surface area contributed by atoms with Crippen molar-refractivity contribution in [2.75, 3.05) is 0 Å². The van der Waals surface area contributed by atoms with Crippen LogP contribution in [-0.2, 0) is 16.3 Å². The fourth-order valence-electron chi connectivity index (χ4n) is 1.76. The first kappa shape index (κ1) is 10.5. The minimum atomic E-state index is 0.479. The predicted octanol–water partition coefficient (Wildman–Crippen LogP) is 3.78. The third-order valence-electron chi connectivity index (χ3n) is 2.57. The second kappa shape index (κ2) is 5.17. The van der Waals surface area contributed by atoms with Gasteiger partial charge in [0.05, 0.1) is 0 Å². The van der Waals surface area contributed by atoms with Crippen LogP contribution in [0.5, 0.6) is 0 Å². The van der Waals surface area contributed by atoms with Crippen LogP contribution in [0.4, 0.5) is 0 Å². The molecule has 0 spiro atoms. The molecule has 1 heteroatoms. The molecule has 0 aromatic heterocycles. The van der Waals surface area contributed by atoms with Crippen LogP contribution in [-0.4, -0.2) is 0 Å². The van der Waals surface area contributed by atoms with E-state index in [1.165, 1.54) is 11.1 Å². The SMILES string of the molecule is [Cr][CH2]C(c1ccccc1)c1ccccc1. The van der Waals surface area contributed by atoms with E-state index in [4.69, 9.17) is 0 Å². The van der Waals surface area contributed by atoms with Crippen LogP contribution in [0.3, 0.4) is 0 Å². The summed E-state index contributed by atoms with van der Waals surface area (Å²) in [6.45, 7) is 0. The zero-order valence-corrected chi connectivity index (χ0v) is 9.74. The van der Waals surface area contributed by atoms with Crippen molar-refractivity contribution < 1.29 is 16.3 Å². The Morgan fingerprint density at radius 3 is 1.47 bits per heavy atom. The summed E-state index contributed by atoms with van der Waals surface area (Å²) >= 11 is 3.14. The quantitative estimate of drug-likeness (QED) is 0.756. The Morgan fingerprint density at radius 2 is 1.13 bits per heavy atom. The van der Waals surface area contributed by atoms with Crippen LogP contribution < -0.4 is 0 Å². The molecular formula is C14H13Cr. The summed E-state index contributed by atoms with van der Waals surface area (Å²) in [4.78, 5) is 0. The van der Waals surface area contributed by atoms with Gasteiger partial charge in [0.15, 0.2) is 0 Å². The molecular weight excluding hydrogens is 220 g/mol. The molecule has 2 rings (SSSR count). The van der Waals surface area contributed by atoms with E-state index < -0.39 is 0 Å². The molecule has 0 radical (unpaired) electrons. The van der Waals surface area contributed by atoms with Gasteiger partial charge in [0.25, 0.3) is 0 Å². The first-order chi connectivity index (χ1) is 7.42. The molecule has 0 atom stereocenters. The standard InChI is InChI=1S/C14H13.Cr/c1-12(13-8-4-2-5-9-13)14-10-6-3-7-11-14;/h2-12H,1H2;. The van der Waals surface area contributed by atoms with Crippen molar-refractivity contribution in [2.24, 2.45) is 0 Å². The molecule has 0 N–H and O–H groups in total. The fourth-order valence-corrected chi connectivity index (χ4v) is 2.36. The topological polar surface area (TPSA) is 0 Å². The predicted molar refractivity (Wildman–Crippen MR) is 59.5 cm³/mol. The third kappa shape index (κ3) is 2.50. The molecule has 0 nitrogen and oxygen atoms in total. The van der Waals surface area contributed by atoms with Gasteiger partial charge in [-0.05, 0) is 0 Å². The molecule has 0 amide bonds. The van der Waals surface area contributed by atoms with Gasteiger partial charge in [-0.2, -0.15) is 0 Å². The summed E-state index contributed by atoms with van der Waals surface area (Å²) in [6, 6.07) is 21.3. The normalized spacial score (nSPS) is 10.5. The van der Waals surface area contributed by atoms with E-state index in [-0.39, 0.29) is 0 Å². The fraction of sp³-hybridized carbons (Fsp3) is 0.143. The van der Waals surface area contributed by atoms with Crippen molar-refractivity contribution in [2.45, 2.75) is 11.2 Å². The van der Waals surface area contributed by atoms with E-state index in [0.29, 0.717) is 5.92 Å². The van der Waals surface area contributed by atoms with E-state index in [0.717, 1.165) is 5.28 Å². The van der Waals surface area contributed by atoms with E-state index in [1.807, 2.05) is 0 Å². The first-order valence-corrected chi connectivity index (χ1v) is 6.00. The maximum absolute atomic E-state index is 3.14. The van der Waals surface area contributed by atoms with Crippen molar-refractivity contribution in [1.29, 1.82) is 0 Å². The van der Waals surface area contributed by atoms with Crippen molar-refractivity contribution in [1.82, 2.24) is 0 Å². The van der Waals surface area contributed by atoms with Gasteiger partial charge in [0.2, 0.25) is 0 Å². The average Bonchev–Trinajstić information content (AvgIpc) is 2.33. The van der Waals surface area contributed by atoms with Crippen LogP contribution in [0.1, 0.15) is 17.0 Å². The van der Waals surface area contributed by atoms with Gasteiger partial charge in [0, 0.05) is 0 Å². The van der Waals surface area contributed by atoms with Crippen molar-refractivity contribution >= 4 is 0 Å². The van der Waals surface area contributed by atoms with Crippen molar-refractivity contribution in [3.63, 3.8) is 0 Å². The minimum absolute atomic E-state index is 0.479. The zero-order chi connectivity index (χ0) is 10.5. The zero-order valence-electron chi connectivity index (χ0n) is 8.47. The summed E-state index contributed by atoms with van der Waals surface area (Å²) < 4.78 is 0. The number of rotatable bonds is 3. The molecule has 0 aliphatic heterocycles. The van der Waals surface area contributed by atoms with Gasteiger partial charge in [-0.25, -0.2) is 0 Å². The van der Waals surface area contributed by atoms with E-state index in [9.17, 15) is 0 Å². The van der Waals surface area contributed by atoms with Crippen LogP contribution in [0.15, 0.2) is 60.7 Å². The molecule has 15 heavy (non-hydrogen) atoms. The van der Waals surface area contributed by atoms with E-state index >= 15 is 0 Å². The van der Waals surface area contributed by atoms with Crippen LogP contribution >= 0.6 is 0 Å². The Hall–Kier alpha value is -1.03. The Labute approximate surface area is 99.4 Å². The second-order valence-electron chi connectivity index (χ2n) is 3.54. The molecule has 0 aliphatic rings. The molecule has 2 aromatic rings. The van der Waals surface area contributed by atoms with Gasteiger partial charge in [0.1, 0.15) is 0 Å². The molecule has 0 aliphatic carbocycles. The molecule has 0 saturated carbocycles. The number of hydrogen-bond acceptors (Lipinski definition) is 0. The molecule has 0 heterocycles.